The van der Waals surface area contributed by atoms with E-state index in [1.807, 2.05) is 48.8 Å². The second kappa shape index (κ2) is 14.5. The predicted molar refractivity (Wildman–Crippen MR) is 201 cm³/mol. The quantitative estimate of drug-likeness (QED) is 0.324. The van der Waals surface area contributed by atoms with Gasteiger partial charge < -0.3 is 25.0 Å². The van der Waals surface area contributed by atoms with Gasteiger partial charge in [0.05, 0.1) is 16.8 Å². The summed E-state index contributed by atoms with van der Waals surface area (Å²) in [7, 11) is -3.98. The van der Waals surface area contributed by atoms with Gasteiger partial charge in [-0.3, -0.25) is 23.7 Å². The van der Waals surface area contributed by atoms with Gasteiger partial charge in [0.1, 0.15) is 34.8 Å². The van der Waals surface area contributed by atoms with Crippen LogP contribution in [0.3, 0.4) is 0 Å². The highest BCUT2D eigenvalue weighted by Crippen LogP contribution is 2.47. The van der Waals surface area contributed by atoms with Crippen molar-refractivity contribution >= 4 is 60.8 Å². The standard InChI is InChI=1S/C37H51BrN6O8S/c1-22(2)44-27-16-12-14-25(38)29(27)40-33(44)51-24-19-28-30(45)41-37(32(47)42-53(49,50)36(6)17-18-36)20-23(37)13-10-8-7-9-11-15-26(31(46)43(28)21-24)39-34(48)52-35(3,4)5/h10,12-14,16,22-24,26,28H,7-9,11,15,17-21H2,1-6H3,(H,39,48)(H,41,45)(H,42,47)/b13-10-/t23-,24-,26+,28+,37-/m1/s1. The topological polar surface area (TPSA) is 178 Å². The number of allylic oxidation sites excluding steroid dienone is 1. The van der Waals surface area contributed by atoms with E-state index in [4.69, 9.17) is 14.5 Å². The third-order valence-electron chi connectivity index (χ3n) is 10.6. The fraction of sp³-hybridized carbons (Fsp3) is 0.649. The molecule has 16 heteroatoms. The van der Waals surface area contributed by atoms with E-state index in [0.717, 1.165) is 22.8 Å². The summed E-state index contributed by atoms with van der Waals surface area (Å²) in [6, 6.07) is 3.94. The first-order valence-corrected chi connectivity index (χ1v) is 20.8. The number of fused-ring (bicyclic) bond motifs is 3. The second-order valence-electron chi connectivity index (χ2n) is 16.4. The number of amides is 4. The minimum atomic E-state index is -3.98. The molecule has 0 unspecified atom stereocenters. The number of nitrogens with zero attached hydrogens (tertiary/aromatic N) is 3. The third-order valence-corrected chi connectivity index (χ3v) is 13.4. The Morgan fingerprint density at radius 2 is 1.87 bits per heavy atom. The summed E-state index contributed by atoms with van der Waals surface area (Å²) in [6.45, 7) is 10.8. The van der Waals surface area contributed by atoms with Crippen LogP contribution in [0.25, 0.3) is 11.0 Å². The maximum absolute atomic E-state index is 14.5. The van der Waals surface area contributed by atoms with Crippen LogP contribution in [0.15, 0.2) is 34.8 Å². The van der Waals surface area contributed by atoms with Crippen molar-refractivity contribution in [2.24, 2.45) is 5.92 Å². The Morgan fingerprint density at radius 1 is 1.13 bits per heavy atom. The number of nitrogens with one attached hydrogen (secondary N) is 3. The van der Waals surface area contributed by atoms with E-state index in [1.54, 1.807) is 27.7 Å². The molecule has 2 aromatic rings. The number of ether oxygens (including phenoxy) is 2. The monoisotopic (exact) mass is 818 g/mol. The van der Waals surface area contributed by atoms with E-state index >= 15 is 0 Å². The van der Waals surface area contributed by atoms with Gasteiger partial charge in [0, 0.05) is 22.9 Å². The molecule has 0 spiro atoms. The summed E-state index contributed by atoms with van der Waals surface area (Å²) in [5.41, 5.74) is -0.754. The minimum absolute atomic E-state index is 0.00114. The smallest absolute Gasteiger partial charge is 0.408 e. The highest BCUT2D eigenvalue weighted by Gasteiger charge is 2.63. The highest BCUT2D eigenvalue weighted by atomic mass is 79.9. The molecule has 53 heavy (non-hydrogen) atoms. The van der Waals surface area contributed by atoms with Crippen LogP contribution < -0.4 is 20.1 Å². The van der Waals surface area contributed by atoms with Crippen LogP contribution in [0.1, 0.15) is 105 Å². The van der Waals surface area contributed by atoms with Gasteiger partial charge in [0.2, 0.25) is 21.8 Å². The van der Waals surface area contributed by atoms with E-state index in [0.29, 0.717) is 43.6 Å². The zero-order valence-corrected chi connectivity index (χ0v) is 33.6. The van der Waals surface area contributed by atoms with Gasteiger partial charge >= 0.3 is 6.09 Å². The first kappa shape index (κ1) is 39.0. The fourth-order valence-corrected chi connectivity index (χ4v) is 8.95. The van der Waals surface area contributed by atoms with Crippen molar-refractivity contribution < 1.29 is 37.1 Å². The minimum Gasteiger partial charge on any atom is -0.459 e. The molecule has 6 rings (SSSR count). The zero-order chi connectivity index (χ0) is 38.5. The molecule has 3 fully saturated rings. The van der Waals surface area contributed by atoms with Crippen molar-refractivity contribution in [2.45, 2.75) is 139 Å². The van der Waals surface area contributed by atoms with Gasteiger partial charge in [-0.25, -0.2) is 13.2 Å². The molecule has 2 aliphatic carbocycles. The van der Waals surface area contributed by atoms with Crippen LogP contribution in [0.5, 0.6) is 6.01 Å². The Balaban J connectivity index is 1.33. The molecule has 1 aromatic heterocycles. The number of para-hydroxylation sites is 1. The lowest BCUT2D eigenvalue weighted by molar-refractivity contribution is -0.141. The summed E-state index contributed by atoms with van der Waals surface area (Å²) in [4.78, 5) is 61.9. The number of carbonyl (C=O) groups is 4. The van der Waals surface area contributed by atoms with Crippen molar-refractivity contribution in [3.8, 4) is 6.01 Å². The average Bonchev–Trinajstić information content (AvgIpc) is 3.87. The van der Waals surface area contributed by atoms with E-state index in [-0.39, 0.29) is 25.4 Å². The van der Waals surface area contributed by atoms with Crippen LogP contribution in [0.2, 0.25) is 0 Å². The number of benzene rings is 1. The Labute approximate surface area is 319 Å². The van der Waals surface area contributed by atoms with Gasteiger partial charge in [-0.15, -0.1) is 0 Å². The number of carbonyl (C=O) groups excluding carboxylic acids is 4. The van der Waals surface area contributed by atoms with Crippen molar-refractivity contribution in [1.82, 2.24) is 29.8 Å². The van der Waals surface area contributed by atoms with Gasteiger partial charge in [-0.05, 0) is 108 Å². The molecule has 3 heterocycles. The molecule has 2 aliphatic heterocycles. The average molecular weight is 820 g/mol. The summed E-state index contributed by atoms with van der Waals surface area (Å²) in [5, 5.41) is 5.65. The van der Waals surface area contributed by atoms with Crippen molar-refractivity contribution in [1.29, 1.82) is 0 Å². The van der Waals surface area contributed by atoms with Crippen LogP contribution in [0, 0.1) is 5.92 Å². The lowest BCUT2D eigenvalue weighted by atomic mass is 10.0. The van der Waals surface area contributed by atoms with Crippen LogP contribution in [0.4, 0.5) is 4.79 Å². The number of rotatable bonds is 7. The number of imidazole rings is 1. The molecule has 5 atom stereocenters. The second-order valence-corrected chi connectivity index (χ2v) is 19.4. The summed E-state index contributed by atoms with van der Waals surface area (Å²) < 4.78 is 42.3. The SMILES string of the molecule is CC(C)n1c(O[C@@H]2C[C@H]3C(=O)N[C@]4(C(=O)NS(=O)(=O)C5(C)CC5)C[C@H]4/C=C\CCCCC[C@H](NC(=O)OC(C)(C)C)C(=O)N3C2)nc2c(Br)cccc21. The molecule has 3 N–H and O–H groups in total. The van der Waals surface area contributed by atoms with E-state index in [1.165, 1.54) is 4.90 Å². The van der Waals surface area contributed by atoms with Crippen LogP contribution >= 0.6 is 15.9 Å². The molecule has 0 bridgehead atoms. The molecule has 1 aromatic carbocycles. The zero-order valence-electron chi connectivity index (χ0n) is 31.2. The Kier molecular flexibility index (Phi) is 10.7. The fourth-order valence-electron chi connectivity index (χ4n) is 7.19. The maximum Gasteiger partial charge on any atom is 0.408 e. The summed E-state index contributed by atoms with van der Waals surface area (Å²) in [5.74, 6) is -2.31. The van der Waals surface area contributed by atoms with Crippen molar-refractivity contribution in [3.63, 3.8) is 0 Å². The molecular weight excluding hydrogens is 768 g/mol. The van der Waals surface area contributed by atoms with Gasteiger partial charge in [0.25, 0.3) is 11.9 Å². The van der Waals surface area contributed by atoms with Crippen molar-refractivity contribution in [2.75, 3.05) is 6.54 Å². The molecule has 2 saturated carbocycles. The molecule has 1 saturated heterocycles. The summed E-state index contributed by atoms with van der Waals surface area (Å²) in [6.07, 6.45) is 6.77. The molecular formula is C37H51BrN6O8S. The maximum atomic E-state index is 14.5. The Morgan fingerprint density at radius 3 is 2.55 bits per heavy atom. The van der Waals surface area contributed by atoms with Crippen molar-refractivity contribution in [3.05, 3.63) is 34.8 Å². The number of sulfonamides is 1. The van der Waals surface area contributed by atoms with Crippen LogP contribution in [-0.4, -0.2) is 87.3 Å². The van der Waals surface area contributed by atoms with Gasteiger partial charge in [-0.1, -0.05) is 31.1 Å². The summed E-state index contributed by atoms with van der Waals surface area (Å²) >= 11 is 3.58. The molecule has 0 radical (unpaired) electrons. The Hall–Kier alpha value is -3.66. The van der Waals surface area contributed by atoms with E-state index in [9.17, 15) is 27.6 Å². The molecule has 4 amide bonds. The number of alkyl carbamates (subject to hydrolysis) is 1. The number of hydrogen-bond acceptors (Lipinski definition) is 9. The number of halogens is 1. The molecule has 4 aliphatic rings. The molecule has 14 nitrogen and oxygen atoms in total. The van der Waals surface area contributed by atoms with Gasteiger partial charge in [-0.2, -0.15) is 4.98 Å². The highest BCUT2D eigenvalue weighted by molar-refractivity contribution is 9.10. The number of aromatic nitrogens is 2. The third kappa shape index (κ3) is 8.23. The van der Waals surface area contributed by atoms with E-state index in [2.05, 4.69) is 31.3 Å². The predicted octanol–water partition coefficient (Wildman–Crippen LogP) is 5.02. The lowest BCUT2D eigenvalue weighted by Gasteiger charge is -2.30. The first-order chi connectivity index (χ1) is 24.8. The number of hydrogen-bond donors (Lipinski definition) is 3. The lowest BCUT2D eigenvalue weighted by Crippen LogP contribution is -2.58. The molecule has 290 valence electrons. The largest absolute Gasteiger partial charge is 0.459 e. The van der Waals surface area contributed by atoms with Crippen LogP contribution in [-0.2, 0) is 29.1 Å². The first-order valence-electron chi connectivity index (χ1n) is 18.5. The van der Waals surface area contributed by atoms with Gasteiger partial charge in [0.15, 0.2) is 0 Å². The normalized spacial score (nSPS) is 28.2. The Bertz CT molecular complexity index is 1920. The van der Waals surface area contributed by atoms with E-state index < -0.39 is 73.8 Å².